The normalized spacial score (nSPS) is 20.2. The first-order chi connectivity index (χ1) is 11.8. The number of hydrogen-bond donors (Lipinski definition) is 2. The van der Waals surface area contributed by atoms with E-state index < -0.39 is 0 Å². The molecule has 126 valence electrons. The van der Waals surface area contributed by atoms with Crippen molar-refractivity contribution < 1.29 is 0 Å². The zero-order chi connectivity index (χ0) is 16.4. The highest BCUT2D eigenvalue weighted by atomic mass is 15.2. The van der Waals surface area contributed by atoms with Gasteiger partial charge >= 0.3 is 0 Å². The summed E-state index contributed by atoms with van der Waals surface area (Å²) in [5, 5.41) is 3.51. The molecule has 1 aromatic heterocycles. The van der Waals surface area contributed by atoms with Crippen LogP contribution in [-0.4, -0.2) is 41.0 Å². The van der Waals surface area contributed by atoms with Gasteiger partial charge in [-0.25, -0.2) is 4.98 Å². The van der Waals surface area contributed by atoms with Gasteiger partial charge in [0.05, 0.1) is 5.69 Å². The van der Waals surface area contributed by atoms with Crippen LogP contribution in [0, 0.1) is 0 Å². The number of nitrogens with zero attached hydrogens (tertiary/aromatic N) is 3. The number of aromatic nitrogens is 2. The molecule has 0 radical (unpaired) electrons. The van der Waals surface area contributed by atoms with Crippen molar-refractivity contribution in [2.45, 2.75) is 31.6 Å². The smallest absolute Gasteiger partial charge is 0.222 e. The number of nitrogens with two attached hydrogens (primary N) is 1. The first-order valence-corrected chi connectivity index (χ1v) is 8.99. The molecule has 1 fully saturated rings. The molecular weight excluding hydrogens is 298 g/mol. The molecule has 2 heterocycles. The second-order valence-electron chi connectivity index (χ2n) is 6.77. The summed E-state index contributed by atoms with van der Waals surface area (Å²) in [7, 11) is 0. The number of fused-ring (bicyclic) bond motifs is 1. The lowest BCUT2D eigenvalue weighted by Gasteiger charge is -2.31. The second-order valence-corrected chi connectivity index (χ2v) is 6.77. The average molecular weight is 323 g/mol. The Kier molecular flexibility index (Phi) is 4.34. The topological polar surface area (TPSA) is 67.1 Å². The molecule has 1 saturated heterocycles. The average Bonchev–Trinajstić information content (AvgIpc) is 2.57. The van der Waals surface area contributed by atoms with E-state index in [1.807, 2.05) is 0 Å². The largest absolute Gasteiger partial charge is 0.368 e. The Morgan fingerprint density at radius 1 is 1.12 bits per heavy atom. The highest BCUT2D eigenvalue weighted by Gasteiger charge is 2.26. The predicted octanol–water partition coefficient (Wildman–Crippen LogP) is 2.64. The number of hydrogen-bond acceptors (Lipinski definition) is 5. The van der Waals surface area contributed by atoms with Gasteiger partial charge in [-0.3, -0.25) is 0 Å². The third-order valence-electron chi connectivity index (χ3n) is 5.18. The van der Waals surface area contributed by atoms with Gasteiger partial charge in [-0.05, 0) is 44.3 Å². The molecule has 1 aliphatic heterocycles. The highest BCUT2D eigenvalue weighted by molar-refractivity contribution is 5.53. The fourth-order valence-electron chi connectivity index (χ4n) is 3.77. The first kappa shape index (κ1) is 15.4. The number of benzene rings is 1. The quantitative estimate of drug-likeness (QED) is 0.885. The van der Waals surface area contributed by atoms with Gasteiger partial charge < -0.3 is 16.0 Å². The summed E-state index contributed by atoms with van der Waals surface area (Å²) in [4.78, 5) is 11.6. The lowest BCUT2D eigenvalue weighted by Crippen LogP contribution is -2.40. The summed E-state index contributed by atoms with van der Waals surface area (Å²) in [5.74, 6) is 1.65. The Labute approximate surface area is 143 Å². The number of anilines is 2. The summed E-state index contributed by atoms with van der Waals surface area (Å²) in [6, 6.07) is 10.6. The van der Waals surface area contributed by atoms with Crippen molar-refractivity contribution in [2.75, 3.05) is 37.2 Å². The zero-order valence-electron chi connectivity index (χ0n) is 14.0. The van der Waals surface area contributed by atoms with Crippen LogP contribution in [0.5, 0.6) is 0 Å². The molecule has 0 saturated carbocycles. The number of rotatable bonds is 5. The molecule has 1 aromatic carbocycles. The van der Waals surface area contributed by atoms with E-state index in [1.165, 1.54) is 37.1 Å². The fourth-order valence-corrected chi connectivity index (χ4v) is 3.77. The molecule has 3 N–H and O–H groups in total. The maximum atomic E-state index is 6.02. The summed E-state index contributed by atoms with van der Waals surface area (Å²) in [5.41, 5.74) is 9.72. The minimum atomic E-state index is 0.330. The predicted molar refractivity (Wildman–Crippen MR) is 97.2 cm³/mol. The van der Waals surface area contributed by atoms with Crippen LogP contribution in [0.25, 0.3) is 0 Å². The van der Waals surface area contributed by atoms with Crippen molar-refractivity contribution in [1.82, 2.24) is 14.9 Å². The Bertz CT molecular complexity index is 696. The molecule has 4 rings (SSSR count). The van der Waals surface area contributed by atoms with Crippen LogP contribution in [0.4, 0.5) is 11.8 Å². The molecule has 2 aromatic rings. The molecule has 1 aliphatic carbocycles. The van der Waals surface area contributed by atoms with Crippen LogP contribution in [0.15, 0.2) is 30.3 Å². The lowest BCUT2D eigenvalue weighted by molar-refractivity contribution is 0.189. The maximum absolute atomic E-state index is 6.02. The fraction of sp³-hybridized carbons (Fsp3) is 0.474. The number of nitrogens with one attached hydrogen (secondary N) is 1. The van der Waals surface area contributed by atoms with E-state index >= 15 is 0 Å². The van der Waals surface area contributed by atoms with Crippen molar-refractivity contribution in [3.8, 4) is 0 Å². The van der Waals surface area contributed by atoms with E-state index in [9.17, 15) is 0 Å². The van der Waals surface area contributed by atoms with Crippen molar-refractivity contribution in [2.24, 2.45) is 0 Å². The Hall–Kier alpha value is -2.14. The molecule has 0 spiro atoms. The molecule has 1 atom stereocenters. The van der Waals surface area contributed by atoms with Gasteiger partial charge in [-0.1, -0.05) is 30.3 Å². The van der Waals surface area contributed by atoms with E-state index in [4.69, 9.17) is 5.73 Å². The van der Waals surface area contributed by atoms with Gasteiger partial charge in [0, 0.05) is 24.6 Å². The second kappa shape index (κ2) is 6.77. The molecule has 5 heteroatoms. The van der Waals surface area contributed by atoms with Crippen molar-refractivity contribution in [3.05, 3.63) is 47.2 Å². The van der Waals surface area contributed by atoms with Crippen LogP contribution in [0.3, 0.4) is 0 Å². The summed E-state index contributed by atoms with van der Waals surface area (Å²) >= 11 is 0. The van der Waals surface area contributed by atoms with Crippen molar-refractivity contribution in [3.63, 3.8) is 0 Å². The SMILES string of the molecule is Nc1nc(NCCN2CCC2)c2c(n1)C(c1ccccc1)CCC2. The molecule has 2 aliphatic rings. The Morgan fingerprint density at radius 3 is 2.71 bits per heavy atom. The van der Waals surface area contributed by atoms with E-state index in [0.29, 0.717) is 11.9 Å². The zero-order valence-corrected chi connectivity index (χ0v) is 14.0. The minimum Gasteiger partial charge on any atom is -0.368 e. The number of likely N-dealkylation sites (tertiary alicyclic amines) is 1. The summed E-state index contributed by atoms with van der Waals surface area (Å²) in [6.45, 7) is 4.43. The summed E-state index contributed by atoms with van der Waals surface area (Å²) in [6.07, 6.45) is 4.65. The molecule has 0 bridgehead atoms. The van der Waals surface area contributed by atoms with Crippen LogP contribution in [-0.2, 0) is 6.42 Å². The Balaban J connectivity index is 1.58. The lowest BCUT2D eigenvalue weighted by atomic mass is 9.82. The van der Waals surface area contributed by atoms with Crippen LogP contribution in [0.2, 0.25) is 0 Å². The van der Waals surface area contributed by atoms with Crippen molar-refractivity contribution in [1.29, 1.82) is 0 Å². The third kappa shape index (κ3) is 3.08. The molecule has 24 heavy (non-hydrogen) atoms. The van der Waals surface area contributed by atoms with Gasteiger partial charge in [0.1, 0.15) is 5.82 Å². The van der Waals surface area contributed by atoms with Gasteiger partial charge in [0.25, 0.3) is 0 Å². The monoisotopic (exact) mass is 323 g/mol. The molecule has 5 nitrogen and oxygen atoms in total. The Morgan fingerprint density at radius 2 is 1.96 bits per heavy atom. The summed E-state index contributed by atoms with van der Waals surface area (Å²) < 4.78 is 0. The van der Waals surface area contributed by atoms with E-state index in [0.717, 1.165) is 37.4 Å². The molecule has 0 amide bonds. The van der Waals surface area contributed by atoms with Crippen LogP contribution in [0.1, 0.15) is 42.0 Å². The van der Waals surface area contributed by atoms with E-state index in [1.54, 1.807) is 0 Å². The highest BCUT2D eigenvalue weighted by Crippen LogP contribution is 2.38. The van der Waals surface area contributed by atoms with Crippen LogP contribution >= 0.6 is 0 Å². The molecular formula is C19H25N5. The van der Waals surface area contributed by atoms with Crippen LogP contribution < -0.4 is 11.1 Å². The first-order valence-electron chi connectivity index (χ1n) is 8.99. The standard InChI is InChI=1S/C19H25N5/c20-19-22-17-15(14-6-2-1-3-7-14)8-4-9-16(17)18(23-19)21-10-13-24-11-5-12-24/h1-3,6-7,15H,4-5,8-13H2,(H3,20,21,22,23). The van der Waals surface area contributed by atoms with Gasteiger partial charge in [0.15, 0.2) is 0 Å². The van der Waals surface area contributed by atoms with E-state index in [2.05, 4.69) is 50.5 Å². The van der Waals surface area contributed by atoms with Gasteiger partial charge in [-0.2, -0.15) is 4.98 Å². The maximum Gasteiger partial charge on any atom is 0.222 e. The molecule has 1 unspecified atom stereocenters. The van der Waals surface area contributed by atoms with E-state index in [-0.39, 0.29) is 0 Å². The third-order valence-corrected chi connectivity index (χ3v) is 5.18. The van der Waals surface area contributed by atoms with Gasteiger partial charge in [-0.15, -0.1) is 0 Å². The van der Waals surface area contributed by atoms with Gasteiger partial charge in [0.2, 0.25) is 5.95 Å². The van der Waals surface area contributed by atoms with Crippen molar-refractivity contribution >= 4 is 11.8 Å². The minimum absolute atomic E-state index is 0.330. The number of nitrogen functional groups attached to an aromatic ring is 1.